The largest absolute Gasteiger partial charge is 0.472 e. The Balaban J connectivity index is 1.20. The Labute approximate surface area is 257 Å². The van der Waals surface area contributed by atoms with Crippen LogP contribution in [0.1, 0.15) is 41.2 Å². The summed E-state index contributed by atoms with van der Waals surface area (Å²) in [4.78, 5) is 50.0. The summed E-state index contributed by atoms with van der Waals surface area (Å²) in [5, 5.41) is 24.9. The van der Waals surface area contributed by atoms with Crippen LogP contribution >= 0.6 is 15.6 Å². The van der Waals surface area contributed by atoms with Crippen molar-refractivity contribution in [2.75, 3.05) is 18.5 Å². The first-order valence-electron chi connectivity index (χ1n) is 13.6. The number of amidine groups is 1. The molecule has 0 radical (unpaired) electrons. The van der Waals surface area contributed by atoms with Crippen LogP contribution in [0.3, 0.4) is 0 Å². The summed E-state index contributed by atoms with van der Waals surface area (Å²) in [7, 11) is -10.2. The number of carbonyl (C=O) groups is 1. The number of imidazole rings is 2. The normalized spacial score (nSPS) is 41.2. The molecule has 250 valence electrons. The Morgan fingerprint density at radius 3 is 2.09 bits per heavy atom. The van der Waals surface area contributed by atoms with Gasteiger partial charge >= 0.3 is 15.6 Å². The Bertz CT molecular complexity index is 1730. The van der Waals surface area contributed by atoms with E-state index < -0.39 is 89.9 Å². The highest BCUT2D eigenvalue weighted by Gasteiger charge is 2.54. The summed E-state index contributed by atoms with van der Waals surface area (Å²) in [5.74, 6) is -0.473. The molecule has 0 saturated carbocycles. The zero-order chi connectivity index (χ0) is 32.7. The Kier molecular flexibility index (Phi) is 7.68. The van der Waals surface area contributed by atoms with Gasteiger partial charge in [0.15, 0.2) is 35.7 Å². The standard InChI is InChI=1S/C21H28N10O13P2/c22-9-1-6(32)10-17(27-9)30(4-25-10)19-14-12(33)7(41-19)2-39-46(37,38)44-15-13(34)8(3-40-45(35,36)43-14)42-20(15)31-5-26-11-16(23)28-21(24)29-18(11)31/h4-5,7-8,12-16,19-20,33-34H,1-3,23H2,(H2,22,27)(H,35,36)(H,37,38)(H3,24,28,29). The fourth-order valence-corrected chi connectivity index (χ4v) is 7.51. The van der Waals surface area contributed by atoms with Crippen molar-refractivity contribution in [3.63, 3.8) is 0 Å². The number of nitrogens with two attached hydrogens (primary N) is 3. The van der Waals surface area contributed by atoms with Crippen molar-refractivity contribution < 1.29 is 61.5 Å². The van der Waals surface area contributed by atoms with Crippen molar-refractivity contribution in [1.29, 1.82) is 0 Å². The molecule has 0 aliphatic carbocycles. The van der Waals surface area contributed by atoms with Crippen molar-refractivity contribution in [2.24, 2.45) is 27.2 Å². The zero-order valence-electron chi connectivity index (χ0n) is 23.2. The third kappa shape index (κ3) is 5.48. The number of guanidine groups is 1. The van der Waals surface area contributed by atoms with Crippen molar-refractivity contribution in [1.82, 2.24) is 19.1 Å². The Morgan fingerprint density at radius 1 is 0.913 bits per heavy atom. The van der Waals surface area contributed by atoms with Gasteiger partial charge < -0.3 is 52.0 Å². The SMILES string of the molecule is NC1=Nc2c(ncn2C2OC3COP(=O)(O)OC4C(O)C(COP(=O)(O)OC2C3O)OC4n2cnc3c2NC(N)=NC3N)C(=O)C1. The highest BCUT2D eigenvalue weighted by Crippen LogP contribution is 2.54. The molecule has 7 heterocycles. The van der Waals surface area contributed by atoms with Gasteiger partial charge in [0.1, 0.15) is 60.1 Å². The van der Waals surface area contributed by atoms with Gasteiger partial charge in [-0.3, -0.25) is 32.0 Å². The summed E-state index contributed by atoms with van der Waals surface area (Å²) in [6.07, 6.45) is -11.5. The highest BCUT2D eigenvalue weighted by atomic mass is 31.2. The van der Waals surface area contributed by atoms with Crippen molar-refractivity contribution in [3.8, 4) is 0 Å². The van der Waals surface area contributed by atoms with E-state index in [2.05, 4.69) is 25.3 Å². The number of fused-ring (bicyclic) bond motifs is 6. The number of anilines is 1. The summed E-state index contributed by atoms with van der Waals surface area (Å²) in [5.41, 5.74) is 17.7. The fraction of sp³-hybridized carbons (Fsp3) is 0.571. The minimum Gasteiger partial charge on any atom is -0.387 e. The maximum atomic E-state index is 13.2. The van der Waals surface area contributed by atoms with Gasteiger partial charge in [-0.15, -0.1) is 0 Å². The smallest absolute Gasteiger partial charge is 0.387 e. The summed E-state index contributed by atoms with van der Waals surface area (Å²) >= 11 is 0. The average molecular weight is 690 g/mol. The number of aromatic nitrogens is 4. The average Bonchev–Trinajstić information content (AvgIpc) is 3.72. The number of ketones is 1. The van der Waals surface area contributed by atoms with Crippen LogP contribution in [-0.2, 0) is 36.7 Å². The van der Waals surface area contributed by atoms with E-state index in [9.17, 15) is 33.9 Å². The zero-order valence-corrected chi connectivity index (χ0v) is 25.0. The van der Waals surface area contributed by atoms with E-state index in [1.54, 1.807) is 0 Å². The molecule has 0 aromatic carbocycles. The number of carbonyl (C=O) groups excluding carboxylic acids is 1. The molecule has 2 aromatic rings. The third-order valence-corrected chi connectivity index (χ3v) is 9.71. The topological polar surface area (TPSA) is 338 Å². The number of nitrogens with one attached hydrogen (secondary N) is 1. The molecule has 0 spiro atoms. The van der Waals surface area contributed by atoms with E-state index in [0.29, 0.717) is 0 Å². The maximum absolute atomic E-state index is 13.2. The van der Waals surface area contributed by atoms with E-state index in [1.807, 2.05) is 0 Å². The van der Waals surface area contributed by atoms with Crippen LogP contribution in [0.4, 0.5) is 11.6 Å². The van der Waals surface area contributed by atoms with Gasteiger partial charge in [0, 0.05) is 0 Å². The molecule has 3 fully saturated rings. The van der Waals surface area contributed by atoms with E-state index in [4.69, 9.17) is 44.8 Å². The molecule has 46 heavy (non-hydrogen) atoms. The van der Waals surface area contributed by atoms with Crippen LogP contribution in [0.25, 0.3) is 0 Å². The summed E-state index contributed by atoms with van der Waals surface area (Å²) < 4.78 is 61.5. The summed E-state index contributed by atoms with van der Waals surface area (Å²) in [6, 6.07) is 0. The summed E-state index contributed by atoms with van der Waals surface area (Å²) in [6.45, 7) is -1.65. The minimum atomic E-state index is -5.10. The molecule has 7 rings (SSSR count). The Hall–Kier alpha value is -3.15. The molecule has 0 amide bonds. The number of nitrogens with zero attached hydrogens (tertiary/aromatic N) is 6. The predicted octanol–water partition coefficient (Wildman–Crippen LogP) is -2.41. The predicted molar refractivity (Wildman–Crippen MR) is 148 cm³/mol. The second kappa shape index (κ2) is 11.2. The lowest BCUT2D eigenvalue weighted by Gasteiger charge is -2.27. The molecule has 5 aliphatic heterocycles. The van der Waals surface area contributed by atoms with Gasteiger partial charge in [-0.25, -0.2) is 29.1 Å². The maximum Gasteiger partial charge on any atom is 0.472 e. The van der Waals surface area contributed by atoms with E-state index >= 15 is 0 Å². The van der Waals surface area contributed by atoms with Crippen LogP contribution in [0.5, 0.6) is 0 Å². The van der Waals surface area contributed by atoms with E-state index in [-0.39, 0.29) is 41.2 Å². The molecule has 23 nitrogen and oxygen atoms in total. The molecule has 11 atom stereocenters. The Morgan fingerprint density at radius 2 is 1.48 bits per heavy atom. The van der Waals surface area contributed by atoms with Gasteiger partial charge in [-0.1, -0.05) is 0 Å². The number of ether oxygens (including phenoxy) is 2. The molecule has 5 aliphatic rings. The van der Waals surface area contributed by atoms with Crippen LogP contribution in [-0.4, -0.2) is 107 Å². The minimum absolute atomic E-state index is 0.0404. The van der Waals surface area contributed by atoms with Gasteiger partial charge in [-0.05, 0) is 0 Å². The number of aliphatic imine (C=N–C) groups is 2. The molecule has 25 heteroatoms. The fourth-order valence-electron chi connectivity index (χ4n) is 5.64. The van der Waals surface area contributed by atoms with E-state index in [1.165, 1.54) is 10.9 Å². The lowest BCUT2D eigenvalue weighted by atomic mass is 10.1. The molecule has 2 aromatic heterocycles. The molecule has 11 N–H and O–H groups in total. The number of rotatable bonds is 2. The first-order chi connectivity index (χ1) is 21.7. The molecule has 3 saturated heterocycles. The lowest BCUT2D eigenvalue weighted by Crippen LogP contribution is -2.38. The van der Waals surface area contributed by atoms with Crippen LogP contribution in [0.2, 0.25) is 0 Å². The van der Waals surface area contributed by atoms with Crippen LogP contribution in [0.15, 0.2) is 22.6 Å². The van der Waals surface area contributed by atoms with E-state index in [0.717, 1.165) is 10.9 Å². The molecule has 4 bridgehead atoms. The third-order valence-electron chi connectivity index (χ3n) is 7.74. The van der Waals surface area contributed by atoms with Crippen molar-refractivity contribution in [2.45, 2.75) is 61.7 Å². The molecule has 11 unspecified atom stereocenters. The monoisotopic (exact) mass is 690 g/mol. The molecular formula is C21H28N10O13P2. The second-order valence-corrected chi connectivity index (χ2v) is 13.6. The number of phosphoric acid groups is 2. The number of hydrogen-bond donors (Lipinski definition) is 8. The number of hydrogen-bond acceptors (Lipinski definition) is 19. The van der Waals surface area contributed by atoms with Gasteiger partial charge in [-0.2, -0.15) is 0 Å². The first kappa shape index (κ1) is 31.4. The van der Waals surface area contributed by atoms with Gasteiger partial charge in [0.2, 0.25) is 0 Å². The van der Waals surface area contributed by atoms with Crippen LogP contribution in [0, 0.1) is 0 Å². The highest BCUT2D eigenvalue weighted by molar-refractivity contribution is 7.47. The second-order valence-electron chi connectivity index (χ2n) is 10.8. The van der Waals surface area contributed by atoms with Crippen molar-refractivity contribution in [3.05, 3.63) is 24.0 Å². The lowest BCUT2D eigenvalue weighted by molar-refractivity contribution is -0.0683. The van der Waals surface area contributed by atoms with Crippen LogP contribution < -0.4 is 22.5 Å². The van der Waals surface area contributed by atoms with Gasteiger partial charge in [0.25, 0.3) is 0 Å². The molecular weight excluding hydrogens is 662 g/mol. The van der Waals surface area contributed by atoms with Crippen molar-refractivity contribution >= 4 is 44.9 Å². The number of aliphatic hydroxyl groups excluding tert-OH is 2. The quantitative estimate of drug-likeness (QED) is 0.152. The number of Topliss-reactive ketones (excluding diaryl/α,β-unsaturated/α-hetero) is 1. The first-order valence-corrected chi connectivity index (χ1v) is 16.5. The van der Waals surface area contributed by atoms with Gasteiger partial charge in [0.05, 0.1) is 32.3 Å². The number of phosphoric ester groups is 2. The number of aliphatic hydroxyl groups is 2.